The van der Waals surface area contributed by atoms with Gasteiger partial charge in [0.2, 0.25) is 0 Å². The van der Waals surface area contributed by atoms with E-state index in [1.54, 1.807) is 7.11 Å². The van der Waals surface area contributed by atoms with Crippen molar-refractivity contribution in [2.75, 3.05) is 37.4 Å². The number of benzene rings is 1. The monoisotopic (exact) mass is 250 g/mol. The van der Waals surface area contributed by atoms with Crippen molar-refractivity contribution in [1.82, 2.24) is 0 Å². The van der Waals surface area contributed by atoms with Crippen LogP contribution < -0.4 is 15.4 Å². The highest BCUT2D eigenvalue weighted by Gasteiger charge is 2.19. The summed E-state index contributed by atoms with van der Waals surface area (Å²) in [6, 6.07) is 5.94. The van der Waals surface area contributed by atoms with Gasteiger partial charge in [-0.3, -0.25) is 0 Å². The number of nitrogens with two attached hydrogens (primary N) is 1. The molecule has 2 rings (SSSR count). The Morgan fingerprint density at radius 1 is 1.28 bits per heavy atom. The van der Waals surface area contributed by atoms with E-state index < -0.39 is 0 Å². The zero-order valence-corrected chi connectivity index (χ0v) is 11.2. The highest BCUT2D eigenvalue weighted by atomic mass is 16.5. The zero-order valence-electron chi connectivity index (χ0n) is 11.2. The summed E-state index contributed by atoms with van der Waals surface area (Å²) in [5.74, 6) is 0.848. The van der Waals surface area contributed by atoms with Crippen LogP contribution in [0.3, 0.4) is 0 Å². The van der Waals surface area contributed by atoms with E-state index in [1.807, 2.05) is 19.1 Å². The fraction of sp³-hybridized carbons (Fsp3) is 0.571. The van der Waals surface area contributed by atoms with Crippen LogP contribution in [-0.4, -0.2) is 32.9 Å². The third-order valence-electron chi connectivity index (χ3n) is 3.37. The molecule has 4 heteroatoms. The topological polar surface area (TPSA) is 47.7 Å². The Morgan fingerprint density at radius 2 is 2.00 bits per heavy atom. The van der Waals surface area contributed by atoms with E-state index in [2.05, 4.69) is 11.0 Å². The van der Waals surface area contributed by atoms with Gasteiger partial charge in [0.05, 0.1) is 12.7 Å². The van der Waals surface area contributed by atoms with Crippen LogP contribution in [0, 0.1) is 0 Å². The first kappa shape index (κ1) is 13.0. The van der Waals surface area contributed by atoms with E-state index in [4.69, 9.17) is 15.2 Å². The molecule has 1 aromatic carbocycles. The maximum absolute atomic E-state index is 5.92. The fourth-order valence-electron chi connectivity index (χ4n) is 2.39. The molecule has 18 heavy (non-hydrogen) atoms. The summed E-state index contributed by atoms with van der Waals surface area (Å²) >= 11 is 0. The van der Waals surface area contributed by atoms with Crippen molar-refractivity contribution in [3.8, 4) is 5.75 Å². The molecule has 0 unspecified atom stereocenters. The number of ether oxygens (including phenoxy) is 2. The molecule has 100 valence electrons. The van der Waals surface area contributed by atoms with Crippen molar-refractivity contribution >= 4 is 11.4 Å². The molecule has 1 aromatic rings. The van der Waals surface area contributed by atoms with Gasteiger partial charge in [0.25, 0.3) is 0 Å². The van der Waals surface area contributed by atoms with Crippen LogP contribution in [0.25, 0.3) is 0 Å². The van der Waals surface area contributed by atoms with E-state index in [9.17, 15) is 0 Å². The minimum atomic E-state index is 0.397. The second-order valence-corrected chi connectivity index (χ2v) is 4.62. The number of hydrogen-bond donors (Lipinski definition) is 1. The first-order valence-electron chi connectivity index (χ1n) is 6.54. The second-order valence-electron chi connectivity index (χ2n) is 4.62. The maximum Gasteiger partial charge on any atom is 0.123 e. The van der Waals surface area contributed by atoms with Crippen LogP contribution in [0.2, 0.25) is 0 Å². The number of nitrogen functional groups attached to an aromatic ring is 1. The molecule has 1 aliphatic heterocycles. The molecule has 0 atom stereocenters. The summed E-state index contributed by atoms with van der Waals surface area (Å²) in [5, 5.41) is 0. The molecule has 0 aliphatic carbocycles. The van der Waals surface area contributed by atoms with E-state index in [0.717, 1.165) is 43.1 Å². The van der Waals surface area contributed by atoms with Crippen molar-refractivity contribution in [2.45, 2.75) is 25.9 Å². The third-order valence-corrected chi connectivity index (χ3v) is 3.37. The summed E-state index contributed by atoms with van der Waals surface area (Å²) < 4.78 is 10.9. The van der Waals surface area contributed by atoms with E-state index in [-0.39, 0.29) is 0 Å². The van der Waals surface area contributed by atoms with Crippen LogP contribution in [0.5, 0.6) is 5.75 Å². The van der Waals surface area contributed by atoms with Gasteiger partial charge in [0.15, 0.2) is 0 Å². The smallest absolute Gasteiger partial charge is 0.123 e. The van der Waals surface area contributed by atoms with Crippen LogP contribution in [0.4, 0.5) is 11.4 Å². The molecule has 2 N–H and O–H groups in total. The zero-order chi connectivity index (χ0) is 13.0. The molecule has 0 radical (unpaired) electrons. The second kappa shape index (κ2) is 5.96. The number of nitrogens with zero attached hydrogens (tertiary/aromatic N) is 1. The van der Waals surface area contributed by atoms with E-state index in [1.165, 1.54) is 0 Å². The Kier molecular flexibility index (Phi) is 4.31. The fourth-order valence-corrected chi connectivity index (χ4v) is 2.39. The summed E-state index contributed by atoms with van der Waals surface area (Å²) in [5.41, 5.74) is 7.82. The molecular formula is C14H22N2O2. The Bertz CT molecular complexity index is 387. The number of methoxy groups -OCH3 is 1. The van der Waals surface area contributed by atoms with Crippen molar-refractivity contribution in [3.63, 3.8) is 0 Å². The van der Waals surface area contributed by atoms with Crippen molar-refractivity contribution in [3.05, 3.63) is 18.2 Å². The Labute approximate surface area is 109 Å². The van der Waals surface area contributed by atoms with Gasteiger partial charge in [-0.05, 0) is 25.8 Å². The molecule has 0 amide bonds. The Balaban J connectivity index is 2.08. The standard InChI is InChI=1S/C14H22N2O2/c1-3-18-14-9-11(15)8-12(10-14)16-6-4-13(17-2)5-7-16/h8-10,13H,3-7,15H2,1-2H3. The van der Waals surface area contributed by atoms with Gasteiger partial charge in [-0.15, -0.1) is 0 Å². The molecule has 0 bridgehead atoms. The quantitative estimate of drug-likeness (QED) is 0.833. The average molecular weight is 250 g/mol. The van der Waals surface area contributed by atoms with Crippen LogP contribution in [0.1, 0.15) is 19.8 Å². The average Bonchev–Trinajstić information content (AvgIpc) is 2.38. The maximum atomic E-state index is 5.92. The SMILES string of the molecule is CCOc1cc(N)cc(N2CCC(OC)CC2)c1. The van der Waals surface area contributed by atoms with Crippen LogP contribution >= 0.6 is 0 Å². The highest BCUT2D eigenvalue weighted by Crippen LogP contribution is 2.28. The third kappa shape index (κ3) is 3.07. The van der Waals surface area contributed by atoms with Crippen molar-refractivity contribution < 1.29 is 9.47 Å². The Morgan fingerprint density at radius 3 is 2.61 bits per heavy atom. The molecule has 1 aliphatic rings. The van der Waals surface area contributed by atoms with Gasteiger partial charge in [0.1, 0.15) is 5.75 Å². The Hall–Kier alpha value is -1.42. The molecule has 0 saturated carbocycles. The minimum Gasteiger partial charge on any atom is -0.494 e. The molecule has 0 spiro atoms. The molecule has 1 saturated heterocycles. The van der Waals surface area contributed by atoms with Crippen LogP contribution in [-0.2, 0) is 4.74 Å². The van der Waals surface area contributed by atoms with Gasteiger partial charge >= 0.3 is 0 Å². The van der Waals surface area contributed by atoms with Gasteiger partial charge in [-0.25, -0.2) is 0 Å². The lowest BCUT2D eigenvalue weighted by molar-refractivity contribution is 0.0819. The molecule has 4 nitrogen and oxygen atoms in total. The summed E-state index contributed by atoms with van der Waals surface area (Å²) in [6.45, 7) is 4.66. The van der Waals surface area contributed by atoms with Crippen molar-refractivity contribution in [2.24, 2.45) is 0 Å². The highest BCUT2D eigenvalue weighted by molar-refractivity contribution is 5.60. The van der Waals surface area contributed by atoms with Crippen molar-refractivity contribution in [1.29, 1.82) is 0 Å². The first-order valence-corrected chi connectivity index (χ1v) is 6.54. The molecule has 0 aromatic heterocycles. The van der Waals surface area contributed by atoms with Gasteiger partial charge < -0.3 is 20.1 Å². The molecule has 1 fully saturated rings. The van der Waals surface area contributed by atoms with Gasteiger partial charge in [-0.1, -0.05) is 0 Å². The van der Waals surface area contributed by atoms with Gasteiger partial charge in [0, 0.05) is 43.7 Å². The summed E-state index contributed by atoms with van der Waals surface area (Å²) in [4.78, 5) is 2.34. The predicted octanol–water partition coefficient (Wildman–Crippen LogP) is 2.28. The number of piperidine rings is 1. The molecular weight excluding hydrogens is 228 g/mol. The van der Waals surface area contributed by atoms with Gasteiger partial charge in [-0.2, -0.15) is 0 Å². The first-order chi connectivity index (χ1) is 8.72. The lowest BCUT2D eigenvalue weighted by Gasteiger charge is -2.33. The minimum absolute atomic E-state index is 0.397. The lowest BCUT2D eigenvalue weighted by Crippen LogP contribution is -2.36. The predicted molar refractivity (Wildman–Crippen MR) is 74.3 cm³/mol. The molecule has 1 heterocycles. The number of rotatable bonds is 4. The summed E-state index contributed by atoms with van der Waals surface area (Å²) in [7, 11) is 1.79. The number of anilines is 2. The van der Waals surface area contributed by atoms with E-state index in [0.29, 0.717) is 12.7 Å². The summed E-state index contributed by atoms with van der Waals surface area (Å²) in [6.07, 6.45) is 2.53. The lowest BCUT2D eigenvalue weighted by atomic mass is 10.1. The normalized spacial score (nSPS) is 16.9. The largest absolute Gasteiger partial charge is 0.494 e. The number of hydrogen-bond acceptors (Lipinski definition) is 4. The van der Waals surface area contributed by atoms with Crippen LogP contribution in [0.15, 0.2) is 18.2 Å². The van der Waals surface area contributed by atoms with E-state index >= 15 is 0 Å².